The zero-order valence-electron chi connectivity index (χ0n) is 10.8. The van der Waals surface area contributed by atoms with Gasteiger partial charge in [0, 0.05) is 0 Å². The van der Waals surface area contributed by atoms with Gasteiger partial charge in [0.2, 0.25) is 0 Å². The van der Waals surface area contributed by atoms with Crippen molar-refractivity contribution < 1.29 is 15.3 Å². The van der Waals surface area contributed by atoms with Crippen LogP contribution in [0.4, 0.5) is 0 Å². The lowest BCUT2D eigenvalue weighted by Crippen LogP contribution is -2.41. The number of aliphatic hydroxyl groups is 3. The van der Waals surface area contributed by atoms with E-state index in [1.165, 1.54) is 32.1 Å². The Kier molecular flexibility index (Phi) is 8.90. The fraction of sp³-hybridized carbons (Fsp3) is 1.00. The molecule has 0 aromatic heterocycles. The maximum absolute atomic E-state index is 9.81. The zero-order valence-corrected chi connectivity index (χ0v) is 10.8. The second-order valence-electron chi connectivity index (χ2n) is 4.93. The van der Waals surface area contributed by atoms with Gasteiger partial charge in [0.25, 0.3) is 0 Å². The van der Waals surface area contributed by atoms with Crippen molar-refractivity contribution in [2.45, 2.75) is 76.9 Å². The van der Waals surface area contributed by atoms with Gasteiger partial charge in [-0.1, -0.05) is 51.9 Å². The van der Waals surface area contributed by atoms with E-state index in [0.717, 1.165) is 12.8 Å². The van der Waals surface area contributed by atoms with Crippen LogP contribution in [0.5, 0.6) is 0 Å². The van der Waals surface area contributed by atoms with E-state index in [0.29, 0.717) is 6.42 Å². The molecule has 98 valence electrons. The summed E-state index contributed by atoms with van der Waals surface area (Å²) >= 11 is 0. The summed E-state index contributed by atoms with van der Waals surface area (Å²) in [7, 11) is 0. The predicted octanol–water partition coefficient (Wildman–Crippen LogP) is 2.23. The van der Waals surface area contributed by atoms with Crippen LogP contribution in [0.1, 0.15) is 65.2 Å². The van der Waals surface area contributed by atoms with E-state index >= 15 is 0 Å². The van der Waals surface area contributed by atoms with Gasteiger partial charge in [0.05, 0.1) is 12.2 Å². The van der Waals surface area contributed by atoms with Gasteiger partial charge in [-0.2, -0.15) is 0 Å². The average Bonchev–Trinajstić information content (AvgIpc) is 2.26. The lowest BCUT2D eigenvalue weighted by atomic mass is 9.92. The van der Waals surface area contributed by atoms with Crippen LogP contribution in [0.25, 0.3) is 0 Å². The highest BCUT2D eigenvalue weighted by Crippen LogP contribution is 2.19. The summed E-state index contributed by atoms with van der Waals surface area (Å²) in [6, 6.07) is 0. The Bertz CT molecular complexity index is 157. The molecule has 0 aromatic rings. The van der Waals surface area contributed by atoms with Gasteiger partial charge in [-0.05, 0) is 13.3 Å². The van der Waals surface area contributed by atoms with Gasteiger partial charge < -0.3 is 15.3 Å². The summed E-state index contributed by atoms with van der Waals surface area (Å²) in [4.78, 5) is 0. The van der Waals surface area contributed by atoms with E-state index in [9.17, 15) is 10.2 Å². The molecule has 0 saturated carbocycles. The molecule has 0 aliphatic heterocycles. The average molecular weight is 232 g/mol. The van der Waals surface area contributed by atoms with Crippen molar-refractivity contribution in [3.8, 4) is 0 Å². The van der Waals surface area contributed by atoms with Crippen LogP contribution in [0, 0.1) is 0 Å². The van der Waals surface area contributed by atoms with Crippen LogP contribution in [0.15, 0.2) is 0 Å². The fourth-order valence-electron chi connectivity index (χ4n) is 1.80. The minimum absolute atomic E-state index is 0.372. The van der Waals surface area contributed by atoms with Gasteiger partial charge in [-0.3, -0.25) is 0 Å². The van der Waals surface area contributed by atoms with Gasteiger partial charge >= 0.3 is 0 Å². The lowest BCUT2D eigenvalue weighted by Gasteiger charge is -2.27. The molecular weight excluding hydrogens is 204 g/mol. The summed E-state index contributed by atoms with van der Waals surface area (Å²) < 4.78 is 0. The van der Waals surface area contributed by atoms with E-state index < -0.39 is 11.7 Å². The highest BCUT2D eigenvalue weighted by atomic mass is 16.4. The molecule has 16 heavy (non-hydrogen) atoms. The molecular formula is C13H28O3. The standard InChI is InChI=1S/C13H28O3/c1-3-4-5-6-7-8-9-10-13(2,16)12(15)11-14/h12,14-16H,3-11H2,1-2H3. The quantitative estimate of drug-likeness (QED) is 0.506. The summed E-state index contributed by atoms with van der Waals surface area (Å²) in [5.41, 5.74) is -1.14. The SMILES string of the molecule is CCCCCCCCCC(C)(O)C(O)CO. The first-order valence-corrected chi connectivity index (χ1v) is 6.56. The highest BCUT2D eigenvalue weighted by Gasteiger charge is 2.28. The summed E-state index contributed by atoms with van der Waals surface area (Å²) in [5, 5.41) is 27.9. The zero-order chi connectivity index (χ0) is 12.4. The van der Waals surface area contributed by atoms with E-state index in [1.807, 2.05) is 0 Å². The number of hydrogen-bond donors (Lipinski definition) is 3. The van der Waals surface area contributed by atoms with E-state index in [1.54, 1.807) is 6.92 Å². The van der Waals surface area contributed by atoms with Gasteiger partial charge in [0.1, 0.15) is 6.10 Å². The molecule has 0 saturated heterocycles. The Balaban J connectivity index is 3.43. The maximum atomic E-state index is 9.81. The lowest BCUT2D eigenvalue weighted by molar-refractivity contribution is -0.0882. The first kappa shape index (κ1) is 15.9. The molecule has 2 atom stereocenters. The van der Waals surface area contributed by atoms with Crippen molar-refractivity contribution in [3.05, 3.63) is 0 Å². The molecule has 0 aliphatic rings. The van der Waals surface area contributed by atoms with Crippen LogP contribution in [0.2, 0.25) is 0 Å². The topological polar surface area (TPSA) is 60.7 Å². The maximum Gasteiger partial charge on any atom is 0.105 e. The molecule has 0 spiro atoms. The fourth-order valence-corrected chi connectivity index (χ4v) is 1.80. The minimum Gasteiger partial charge on any atom is -0.394 e. The van der Waals surface area contributed by atoms with Crippen LogP contribution in [0.3, 0.4) is 0 Å². The Morgan fingerprint density at radius 3 is 2.00 bits per heavy atom. The second kappa shape index (κ2) is 8.97. The Morgan fingerprint density at radius 2 is 1.50 bits per heavy atom. The van der Waals surface area contributed by atoms with E-state index in [4.69, 9.17) is 5.11 Å². The first-order chi connectivity index (χ1) is 7.54. The molecule has 0 fully saturated rings. The number of aliphatic hydroxyl groups excluding tert-OH is 2. The van der Waals surface area contributed by atoms with Crippen LogP contribution < -0.4 is 0 Å². The third-order valence-corrected chi connectivity index (χ3v) is 3.18. The van der Waals surface area contributed by atoms with Crippen molar-refractivity contribution in [1.29, 1.82) is 0 Å². The summed E-state index contributed by atoms with van der Waals surface area (Å²) in [6.45, 7) is 3.42. The molecule has 0 heterocycles. The Labute approximate surface area is 99.5 Å². The van der Waals surface area contributed by atoms with Crippen molar-refractivity contribution in [3.63, 3.8) is 0 Å². The third kappa shape index (κ3) is 7.20. The Morgan fingerprint density at radius 1 is 1.00 bits per heavy atom. The molecule has 3 N–H and O–H groups in total. The molecule has 0 radical (unpaired) electrons. The molecule has 2 unspecified atom stereocenters. The smallest absolute Gasteiger partial charge is 0.105 e. The minimum atomic E-state index is -1.14. The van der Waals surface area contributed by atoms with Crippen molar-refractivity contribution in [1.82, 2.24) is 0 Å². The summed E-state index contributed by atoms with van der Waals surface area (Å²) in [5.74, 6) is 0. The van der Waals surface area contributed by atoms with Gasteiger partial charge in [0.15, 0.2) is 0 Å². The first-order valence-electron chi connectivity index (χ1n) is 6.56. The predicted molar refractivity (Wildman–Crippen MR) is 66.3 cm³/mol. The van der Waals surface area contributed by atoms with E-state index in [2.05, 4.69) is 6.92 Å². The molecule has 0 aromatic carbocycles. The van der Waals surface area contributed by atoms with Gasteiger partial charge in [-0.25, -0.2) is 0 Å². The number of unbranched alkanes of at least 4 members (excludes halogenated alkanes) is 6. The van der Waals surface area contributed by atoms with Crippen molar-refractivity contribution in [2.75, 3.05) is 6.61 Å². The van der Waals surface area contributed by atoms with Gasteiger partial charge in [-0.15, -0.1) is 0 Å². The Hall–Kier alpha value is -0.120. The molecule has 3 nitrogen and oxygen atoms in total. The number of rotatable bonds is 10. The summed E-state index contributed by atoms with van der Waals surface area (Å²) in [6.07, 6.45) is 7.87. The van der Waals surface area contributed by atoms with Crippen LogP contribution in [-0.2, 0) is 0 Å². The largest absolute Gasteiger partial charge is 0.394 e. The molecule has 0 aliphatic carbocycles. The van der Waals surface area contributed by atoms with Crippen molar-refractivity contribution >= 4 is 0 Å². The third-order valence-electron chi connectivity index (χ3n) is 3.18. The molecule has 3 heteroatoms. The van der Waals surface area contributed by atoms with Crippen LogP contribution >= 0.6 is 0 Å². The van der Waals surface area contributed by atoms with E-state index in [-0.39, 0.29) is 6.61 Å². The monoisotopic (exact) mass is 232 g/mol. The van der Waals surface area contributed by atoms with Crippen molar-refractivity contribution in [2.24, 2.45) is 0 Å². The molecule has 0 bridgehead atoms. The molecule has 0 rings (SSSR count). The number of hydrogen-bond acceptors (Lipinski definition) is 3. The second-order valence-corrected chi connectivity index (χ2v) is 4.93. The molecule has 0 amide bonds. The normalized spacial score (nSPS) is 17.1. The highest BCUT2D eigenvalue weighted by molar-refractivity contribution is 4.80. The van der Waals surface area contributed by atoms with Crippen LogP contribution in [-0.4, -0.2) is 33.6 Å².